The number of ether oxygens (including phenoxy) is 1. The van der Waals surface area contributed by atoms with Crippen LogP contribution in [0.5, 0.6) is 5.75 Å². The van der Waals surface area contributed by atoms with Crippen LogP contribution in [0.25, 0.3) is 0 Å². The van der Waals surface area contributed by atoms with Gasteiger partial charge in [-0.2, -0.15) is 0 Å². The van der Waals surface area contributed by atoms with Crippen molar-refractivity contribution >= 4 is 0 Å². The quantitative estimate of drug-likeness (QED) is 0.820. The molecule has 0 aliphatic heterocycles. The molecular weight excluding hydrogens is 186 g/mol. The van der Waals surface area contributed by atoms with E-state index in [1.165, 1.54) is 11.1 Å². The van der Waals surface area contributed by atoms with Crippen molar-refractivity contribution in [3.05, 3.63) is 29.3 Å². The SMILES string of the molecule is CC(C)Oc1ccc2c(c1)CC(CN)C2. The number of hydrogen-bond acceptors (Lipinski definition) is 2. The first-order valence-corrected chi connectivity index (χ1v) is 5.67. The second-order valence-electron chi connectivity index (χ2n) is 4.61. The molecule has 0 aromatic heterocycles. The van der Waals surface area contributed by atoms with Crippen LogP contribution in [-0.4, -0.2) is 12.6 Å². The summed E-state index contributed by atoms with van der Waals surface area (Å²) in [6.45, 7) is 4.89. The zero-order valence-electron chi connectivity index (χ0n) is 9.49. The average molecular weight is 205 g/mol. The highest BCUT2D eigenvalue weighted by atomic mass is 16.5. The van der Waals surface area contributed by atoms with E-state index >= 15 is 0 Å². The Kier molecular flexibility index (Phi) is 2.96. The van der Waals surface area contributed by atoms with Gasteiger partial charge in [0.15, 0.2) is 0 Å². The lowest BCUT2D eigenvalue weighted by Crippen LogP contribution is -2.13. The average Bonchev–Trinajstić information content (AvgIpc) is 2.58. The first kappa shape index (κ1) is 10.5. The van der Waals surface area contributed by atoms with Crippen molar-refractivity contribution in [3.8, 4) is 5.75 Å². The van der Waals surface area contributed by atoms with Crippen LogP contribution in [0.1, 0.15) is 25.0 Å². The molecule has 2 rings (SSSR count). The first-order valence-electron chi connectivity index (χ1n) is 5.67. The van der Waals surface area contributed by atoms with Crippen LogP contribution in [0.4, 0.5) is 0 Å². The second kappa shape index (κ2) is 4.23. The van der Waals surface area contributed by atoms with E-state index < -0.39 is 0 Å². The maximum Gasteiger partial charge on any atom is 0.119 e. The summed E-state index contributed by atoms with van der Waals surface area (Å²) in [7, 11) is 0. The third kappa shape index (κ3) is 2.32. The van der Waals surface area contributed by atoms with E-state index in [4.69, 9.17) is 10.5 Å². The van der Waals surface area contributed by atoms with Gasteiger partial charge in [0, 0.05) is 0 Å². The number of fused-ring (bicyclic) bond motifs is 1. The monoisotopic (exact) mass is 205 g/mol. The third-order valence-electron chi connectivity index (χ3n) is 2.90. The number of nitrogens with two attached hydrogens (primary N) is 1. The Morgan fingerprint density at radius 3 is 2.73 bits per heavy atom. The largest absolute Gasteiger partial charge is 0.491 e. The molecule has 0 spiro atoms. The molecule has 2 heteroatoms. The second-order valence-corrected chi connectivity index (χ2v) is 4.61. The van der Waals surface area contributed by atoms with Crippen molar-refractivity contribution in [3.63, 3.8) is 0 Å². The predicted molar refractivity (Wildman–Crippen MR) is 62.2 cm³/mol. The highest BCUT2D eigenvalue weighted by Crippen LogP contribution is 2.29. The van der Waals surface area contributed by atoms with E-state index in [1.807, 2.05) is 0 Å². The molecule has 0 bridgehead atoms. The van der Waals surface area contributed by atoms with E-state index in [-0.39, 0.29) is 6.10 Å². The van der Waals surface area contributed by atoms with E-state index in [1.54, 1.807) is 0 Å². The van der Waals surface area contributed by atoms with Gasteiger partial charge >= 0.3 is 0 Å². The smallest absolute Gasteiger partial charge is 0.119 e. The van der Waals surface area contributed by atoms with Gasteiger partial charge in [0.05, 0.1) is 6.10 Å². The van der Waals surface area contributed by atoms with Gasteiger partial charge in [-0.15, -0.1) is 0 Å². The van der Waals surface area contributed by atoms with Crippen molar-refractivity contribution in [1.29, 1.82) is 0 Å². The minimum atomic E-state index is 0.245. The fourth-order valence-corrected chi connectivity index (χ4v) is 2.20. The van der Waals surface area contributed by atoms with E-state index in [0.717, 1.165) is 25.1 Å². The summed E-state index contributed by atoms with van der Waals surface area (Å²) in [5.74, 6) is 1.62. The third-order valence-corrected chi connectivity index (χ3v) is 2.90. The molecule has 82 valence electrons. The number of benzene rings is 1. The minimum Gasteiger partial charge on any atom is -0.491 e. The van der Waals surface area contributed by atoms with Gasteiger partial charge in [-0.1, -0.05) is 6.07 Å². The van der Waals surface area contributed by atoms with Crippen LogP contribution in [0, 0.1) is 5.92 Å². The molecule has 2 nitrogen and oxygen atoms in total. The highest BCUT2D eigenvalue weighted by Gasteiger charge is 2.20. The Morgan fingerprint density at radius 2 is 2.07 bits per heavy atom. The van der Waals surface area contributed by atoms with Crippen LogP contribution >= 0.6 is 0 Å². The van der Waals surface area contributed by atoms with Crippen molar-refractivity contribution in [2.75, 3.05) is 6.54 Å². The molecular formula is C13H19NO. The van der Waals surface area contributed by atoms with Crippen molar-refractivity contribution in [2.24, 2.45) is 11.7 Å². The first-order chi connectivity index (χ1) is 7.19. The lowest BCUT2D eigenvalue weighted by Gasteiger charge is -2.10. The molecule has 0 radical (unpaired) electrons. The molecule has 1 aliphatic carbocycles. The maximum absolute atomic E-state index is 5.70. The Morgan fingerprint density at radius 1 is 1.33 bits per heavy atom. The summed E-state index contributed by atoms with van der Waals surface area (Å²) in [6.07, 6.45) is 2.49. The summed E-state index contributed by atoms with van der Waals surface area (Å²) in [6, 6.07) is 6.42. The summed E-state index contributed by atoms with van der Waals surface area (Å²) in [5.41, 5.74) is 8.57. The lowest BCUT2D eigenvalue weighted by molar-refractivity contribution is 0.242. The van der Waals surface area contributed by atoms with E-state index in [9.17, 15) is 0 Å². The van der Waals surface area contributed by atoms with Crippen LogP contribution < -0.4 is 10.5 Å². The van der Waals surface area contributed by atoms with Gasteiger partial charge in [-0.3, -0.25) is 0 Å². The molecule has 0 amide bonds. The summed E-state index contributed by atoms with van der Waals surface area (Å²) < 4.78 is 5.68. The molecule has 2 N–H and O–H groups in total. The molecule has 0 saturated carbocycles. The molecule has 0 saturated heterocycles. The van der Waals surface area contributed by atoms with Gasteiger partial charge in [-0.05, 0) is 62.4 Å². The van der Waals surface area contributed by atoms with Crippen molar-refractivity contribution < 1.29 is 4.74 Å². The molecule has 1 aliphatic rings. The fraction of sp³-hybridized carbons (Fsp3) is 0.538. The van der Waals surface area contributed by atoms with Crippen molar-refractivity contribution in [1.82, 2.24) is 0 Å². The van der Waals surface area contributed by atoms with Crippen LogP contribution in [0.2, 0.25) is 0 Å². The van der Waals surface area contributed by atoms with Crippen LogP contribution in [0.15, 0.2) is 18.2 Å². The summed E-state index contributed by atoms with van der Waals surface area (Å²) in [4.78, 5) is 0. The fourth-order valence-electron chi connectivity index (χ4n) is 2.20. The topological polar surface area (TPSA) is 35.2 Å². The zero-order valence-corrected chi connectivity index (χ0v) is 9.49. The van der Waals surface area contributed by atoms with Gasteiger partial charge < -0.3 is 10.5 Å². The summed E-state index contributed by atoms with van der Waals surface area (Å²) >= 11 is 0. The van der Waals surface area contributed by atoms with Gasteiger partial charge in [-0.25, -0.2) is 0 Å². The molecule has 1 aromatic rings. The Balaban J connectivity index is 2.15. The number of hydrogen-bond donors (Lipinski definition) is 1. The standard InChI is InChI=1S/C13H19NO/c1-9(2)15-13-4-3-11-5-10(8-14)6-12(11)7-13/h3-4,7,9-10H,5-6,8,14H2,1-2H3. The Bertz CT molecular complexity index is 346. The number of rotatable bonds is 3. The van der Waals surface area contributed by atoms with E-state index in [2.05, 4.69) is 32.0 Å². The van der Waals surface area contributed by atoms with Gasteiger partial charge in [0.2, 0.25) is 0 Å². The molecule has 1 unspecified atom stereocenters. The van der Waals surface area contributed by atoms with E-state index in [0.29, 0.717) is 5.92 Å². The molecule has 1 aromatic carbocycles. The normalized spacial score (nSPS) is 19.3. The minimum absolute atomic E-state index is 0.245. The van der Waals surface area contributed by atoms with Gasteiger partial charge in [0.1, 0.15) is 5.75 Å². The Labute approximate surface area is 91.4 Å². The molecule has 1 atom stereocenters. The molecule has 15 heavy (non-hydrogen) atoms. The maximum atomic E-state index is 5.70. The van der Waals surface area contributed by atoms with Crippen LogP contribution in [-0.2, 0) is 12.8 Å². The molecule has 0 fully saturated rings. The lowest BCUT2D eigenvalue weighted by atomic mass is 10.1. The zero-order chi connectivity index (χ0) is 10.8. The molecule has 0 heterocycles. The van der Waals surface area contributed by atoms with Gasteiger partial charge in [0.25, 0.3) is 0 Å². The summed E-state index contributed by atoms with van der Waals surface area (Å²) in [5, 5.41) is 0. The predicted octanol–water partition coefficient (Wildman–Crippen LogP) is 2.15. The Hall–Kier alpha value is -1.02. The van der Waals surface area contributed by atoms with Crippen molar-refractivity contribution in [2.45, 2.75) is 32.8 Å². The van der Waals surface area contributed by atoms with Crippen LogP contribution in [0.3, 0.4) is 0 Å². The highest BCUT2D eigenvalue weighted by molar-refractivity contribution is 5.39.